The summed E-state index contributed by atoms with van der Waals surface area (Å²) in [5.41, 5.74) is 11.2. The highest BCUT2D eigenvalue weighted by atomic mass is 15.1. The lowest BCUT2D eigenvalue weighted by Gasteiger charge is -2.27. The third-order valence-electron chi connectivity index (χ3n) is 3.74. The molecule has 0 radical (unpaired) electrons. The fraction of sp³-hybridized carbons (Fsp3) is 0.533. The Kier molecular flexibility index (Phi) is 3.20. The average Bonchev–Trinajstić information content (AvgIpc) is 2.61. The number of aryl methyl sites for hydroxylation is 2. The van der Waals surface area contributed by atoms with Gasteiger partial charge in [-0.2, -0.15) is 0 Å². The van der Waals surface area contributed by atoms with Gasteiger partial charge in [0.1, 0.15) is 0 Å². The van der Waals surface area contributed by atoms with E-state index in [1.807, 2.05) is 6.33 Å². The van der Waals surface area contributed by atoms with Crippen molar-refractivity contribution in [2.24, 2.45) is 11.1 Å². The molecule has 2 N–H and O–H groups in total. The molecule has 3 heteroatoms. The van der Waals surface area contributed by atoms with E-state index in [0.717, 1.165) is 12.1 Å². The van der Waals surface area contributed by atoms with E-state index in [1.165, 1.54) is 16.6 Å². The maximum Gasteiger partial charge on any atom is 0.0958 e. The number of imidazole rings is 1. The molecule has 1 heterocycles. The first-order valence-corrected chi connectivity index (χ1v) is 6.46. The van der Waals surface area contributed by atoms with Gasteiger partial charge >= 0.3 is 0 Å². The zero-order valence-electron chi connectivity index (χ0n) is 12.0. The highest BCUT2D eigenvalue weighted by Crippen LogP contribution is 2.22. The SMILES string of the molecule is Cc1cc2ncn(CC(N)C(C)(C)C)c2cc1C. The molecule has 0 spiro atoms. The monoisotopic (exact) mass is 245 g/mol. The average molecular weight is 245 g/mol. The first-order valence-electron chi connectivity index (χ1n) is 6.46. The van der Waals surface area contributed by atoms with Gasteiger partial charge in [-0.15, -0.1) is 0 Å². The van der Waals surface area contributed by atoms with Gasteiger partial charge < -0.3 is 10.3 Å². The first kappa shape index (κ1) is 13.1. The Balaban J connectivity index is 2.38. The van der Waals surface area contributed by atoms with Crippen LogP contribution in [0.1, 0.15) is 31.9 Å². The molecule has 2 rings (SSSR count). The van der Waals surface area contributed by atoms with Crippen molar-refractivity contribution in [2.45, 2.75) is 47.2 Å². The highest BCUT2D eigenvalue weighted by molar-refractivity contribution is 5.77. The van der Waals surface area contributed by atoms with E-state index < -0.39 is 0 Å². The molecule has 3 nitrogen and oxygen atoms in total. The summed E-state index contributed by atoms with van der Waals surface area (Å²) in [6, 6.07) is 4.47. The molecule has 2 aromatic rings. The molecule has 0 fully saturated rings. The fourth-order valence-electron chi connectivity index (χ4n) is 1.94. The predicted molar refractivity (Wildman–Crippen MR) is 76.6 cm³/mol. The third-order valence-corrected chi connectivity index (χ3v) is 3.74. The van der Waals surface area contributed by atoms with Crippen molar-refractivity contribution >= 4 is 11.0 Å². The second-order valence-corrected chi connectivity index (χ2v) is 6.29. The minimum absolute atomic E-state index is 0.107. The molecular weight excluding hydrogens is 222 g/mol. The van der Waals surface area contributed by atoms with Crippen molar-refractivity contribution in [3.8, 4) is 0 Å². The molecule has 1 atom stereocenters. The minimum Gasteiger partial charge on any atom is -0.329 e. The molecule has 0 amide bonds. The zero-order valence-corrected chi connectivity index (χ0v) is 12.0. The van der Waals surface area contributed by atoms with Gasteiger partial charge in [-0.3, -0.25) is 0 Å². The Morgan fingerprint density at radius 3 is 2.44 bits per heavy atom. The van der Waals surface area contributed by atoms with E-state index >= 15 is 0 Å². The van der Waals surface area contributed by atoms with Gasteiger partial charge in [-0.25, -0.2) is 4.98 Å². The van der Waals surface area contributed by atoms with Gasteiger partial charge in [-0.05, 0) is 42.5 Å². The van der Waals surface area contributed by atoms with Gasteiger partial charge in [0.2, 0.25) is 0 Å². The summed E-state index contributed by atoms with van der Waals surface area (Å²) in [4.78, 5) is 4.46. The topological polar surface area (TPSA) is 43.8 Å². The van der Waals surface area contributed by atoms with E-state index in [-0.39, 0.29) is 11.5 Å². The predicted octanol–water partition coefficient (Wildman–Crippen LogP) is 3.03. The van der Waals surface area contributed by atoms with Crippen LogP contribution in [0.5, 0.6) is 0 Å². The molecule has 0 aliphatic rings. The maximum absolute atomic E-state index is 6.25. The Morgan fingerprint density at radius 2 is 1.83 bits per heavy atom. The Bertz CT molecular complexity index is 561. The first-order chi connectivity index (χ1) is 8.29. The van der Waals surface area contributed by atoms with Crippen LogP contribution in [0.15, 0.2) is 18.5 Å². The van der Waals surface area contributed by atoms with Crippen LogP contribution in [0.4, 0.5) is 0 Å². The molecule has 0 bridgehead atoms. The van der Waals surface area contributed by atoms with E-state index in [4.69, 9.17) is 5.73 Å². The molecule has 98 valence electrons. The van der Waals surface area contributed by atoms with Gasteiger partial charge in [0, 0.05) is 12.6 Å². The lowest BCUT2D eigenvalue weighted by molar-refractivity contribution is 0.293. The highest BCUT2D eigenvalue weighted by Gasteiger charge is 2.21. The summed E-state index contributed by atoms with van der Waals surface area (Å²) in [6.07, 6.45) is 1.90. The second-order valence-electron chi connectivity index (χ2n) is 6.29. The van der Waals surface area contributed by atoms with E-state index in [0.29, 0.717) is 0 Å². The second kappa shape index (κ2) is 4.39. The van der Waals surface area contributed by atoms with Crippen LogP contribution in [-0.2, 0) is 6.54 Å². The van der Waals surface area contributed by atoms with Gasteiger partial charge in [0.25, 0.3) is 0 Å². The van der Waals surface area contributed by atoms with Crippen LogP contribution in [0.25, 0.3) is 11.0 Å². The normalized spacial score (nSPS) is 14.1. The Hall–Kier alpha value is -1.35. The number of nitrogens with zero attached hydrogens (tertiary/aromatic N) is 2. The molecule has 0 saturated heterocycles. The standard InChI is InChI=1S/C15H23N3/c1-10-6-12-13(7-11(10)2)18(9-17-12)8-14(16)15(3,4)5/h6-7,9,14H,8,16H2,1-5H3. The number of fused-ring (bicyclic) bond motifs is 1. The summed E-state index contributed by atoms with van der Waals surface area (Å²) in [5, 5.41) is 0. The van der Waals surface area contributed by atoms with Gasteiger partial charge in [0.15, 0.2) is 0 Å². The van der Waals surface area contributed by atoms with E-state index in [2.05, 4.69) is 56.3 Å². The summed E-state index contributed by atoms with van der Waals surface area (Å²) in [6.45, 7) is 11.6. The van der Waals surface area contributed by atoms with Crippen LogP contribution in [0.2, 0.25) is 0 Å². The number of nitrogens with two attached hydrogens (primary N) is 1. The van der Waals surface area contributed by atoms with Crippen LogP contribution >= 0.6 is 0 Å². The van der Waals surface area contributed by atoms with Gasteiger partial charge in [0.05, 0.1) is 17.4 Å². The Morgan fingerprint density at radius 1 is 1.22 bits per heavy atom. The maximum atomic E-state index is 6.25. The van der Waals surface area contributed by atoms with Crippen LogP contribution < -0.4 is 5.73 Å². The van der Waals surface area contributed by atoms with Crippen molar-refractivity contribution in [1.82, 2.24) is 9.55 Å². The van der Waals surface area contributed by atoms with Crippen LogP contribution in [0.3, 0.4) is 0 Å². The molecule has 0 aliphatic heterocycles. The van der Waals surface area contributed by atoms with Crippen molar-refractivity contribution in [3.63, 3.8) is 0 Å². The molecule has 0 aliphatic carbocycles. The summed E-state index contributed by atoms with van der Waals surface area (Å²) < 4.78 is 2.16. The number of benzene rings is 1. The zero-order chi connectivity index (χ0) is 13.5. The quantitative estimate of drug-likeness (QED) is 0.883. The van der Waals surface area contributed by atoms with Crippen molar-refractivity contribution < 1.29 is 0 Å². The van der Waals surface area contributed by atoms with Crippen LogP contribution in [-0.4, -0.2) is 15.6 Å². The molecule has 1 unspecified atom stereocenters. The summed E-state index contributed by atoms with van der Waals surface area (Å²) >= 11 is 0. The van der Waals surface area contributed by atoms with Crippen molar-refractivity contribution in [3.05, 3.63) is 29.6 Å². The molecule has 1 aromatic carbocycles. The molecular formula is C15H23N3. The molecule has 18 heavy (non-hydrogen) atoms. The largest absolute Gasteiger partial charge is 0.329 e. The number of aromatic nitrogens is 2. The lowest BCUT2D eigenvalue weighted by Crippen LogP contribution is -2.38. The third kappa shape index (κ3) is 2.41. The Labute approximate surface area is 109 Å². The van der Waals surface area contributed by atoms with E-state index in [9.17, 15) is 0 Å². The fourth-order valence-corrected chi connectivity index (χ4v) is 1.94. The van der Waals surface area contributed by atoms with Gasteiger partial charge in [-0.1, -0.05) is 20.8 Å². The molecule has 0 saturated carbocycles. The number of hydrogen-bond acceptors (Lipinski definition) is 2. The minimum atomic E-state index is 0.107. The smallest absolute Gasteiger partial charge is 0.0958 e. The summed E-state index contributed by atoms with van der Waals surface area (Å²) in [5.74, 6) is 0. The number of hydrogen-bond donors (Lipinski definition) is 1. The molecule has 1 aromatic heterocycles. The van der Waals surface area contributed by atoms with Crippen molar-refractivity contribution in [1.29, 1.82) is 0 Å². The lowest BCUT2D eigenvalue weighted by atomic mass is 9.87. The van der Waals surface area contributed by atoms with Crippen molar-refractivity contribution in [2.75, 3.05) is 0 Å². The van der Waals surface area contributed by atoms with Crippen LogP contribution in [0, 0.1) is 19.3 Å². The summed E-state index contributed by atoms with van der Waals surface area (Å²) in [7, 11) is 0. The number of rotatable bonds is 2. The van der Waals surface area contributed by atoms with E-state index in [1.54, 1.807) is 0 Å².